The predicted molar refractivity (Wildman–Crippen MR) is 135 cm³/mol. The molecule has 0 radical (unpaired) electrons. The first-order valence-corrected chi connectivity index (χ1v) is 11.8. The van der Waals surface area contributed by atoms with Crippen molar-refractivity contribution >= 4 is 5.91 Å². The Bertz CT molecular complexity index is 1330. The zero-order valence-corrected chi connectivity index (χ0v) is 19.2. The van der Waals surface area contributed by atoms with E-state index in [0.29, 0.717) is 18.5 Å². The fourth-order valence-electron chi connectivity index (χ4n) is 4.63. The molecular formula is C30H27FN2O2. The minimum Gasteiger partial charge on any atom is -0.390 e. The van der Waals surface area contributed by atoms with Gasteiger partial charge in [0.2, 0.25) is 0 Å². The number of rotatable bonds is 7. The minimum atomic E-state index is -0.756. The van der Waals surface area contributed by atoms with Gasteiger partial charge in [-0.3, -0.25) is 4.79 Å². The number of benzene rings is 4. The second kappa shape index (κ2) is 10.2. The van der Waals surface area contributed by atoms with Crippen molar-refractivity contribution in [2.45, 2.75) is 31.7 Å². The van der Waals surface area contributed by atoms with E-state index in [4.69, 9.17) is 0 Å². The molecular weight excluding hydrogens is 439 g/mol. The Morgan fingerprint density at radius 3 is 2.29 bits per heavy atom. The maximum Gasteiger partial charge on any atom is 0.254 e. The molecule has 0 aromatic heterocycles. The molecule has 5 heteroatoms. The van der Waals surface area contributed by atoms with Crippen molar-refractivity contribution in [1.82, 2.24) is 10.6 Å². The van der Waals surface area contributed by atoms with E-state index in [1.807, 2.05) is 66.7 Å². The van der Waals surface area contributed by atoms with Gasteiger partial charge in [0.15, 0.2) is 0 Å². The Balaban J connectivity index is 1.28. The zero-order valence-electron chi connectivity index (χ0n) is 19.2. The Labute approximate surface area is 204 Å². The smallest absolute Gasteiger partial charge is 0.254 e. The minimum absolute atomic E-state index is 0.0361. The normalized spacial score (nSPS) is 16.6. The third kappa shape index (κ3) is 5.16. The van der Waals surface area contributed by atoms with E-state index in [2.05, 4.69) is 22.8 Å². The Morgan fingerprint density at radius 2 is 1.54 bits per heavy atom. The number of fused-ring (bicyclic) bond motifs is 1. The van der Waals surface area contributed by atoms with Crippen molar-refractivity contribution in [3.8, 4) is 11.1 Å². The van der Waals surface area contributed by atoms with Gasteiger partial charge in [-0.2, -0.15) is 0 Å². The zero-order chi connectivity index (χ0) is 24.2. The first-order valence-electron chi connectivity index (χ1n) is 11.8. The highest BCUT2D eigenvalue weighted by Crippen LogP contribution is 2.33. The molecule has 1 amide bonds. The summed E-state index contributed by atoms with van der Waals surface area (Å²) in [4.78, 5) is 13.0. The number of halogens is 1. The van der Waals surface area contributed by atoms with Crippen molar-refractivity contribution in [3.63, 3.8) is 0 Å². The standard InChI is InChI=1S/C30H27FN2O2/c31-27-16-23(22-9-5-2-6-10-22)13-14-25(27)30(35)33-29-26-15-21(11-12-24(26)17-28(29)34)19-32-18-20-7-3-1-4-8-20/h1-16,28-29,32,34H,17-19H2,(H,33,35)/t28-,29-/m1/s1. The molecule has 0 unspecified atom stereocenters. The van der Waals surface area contributed by atoms with Crippen molar-refractivity contribution in [2.24, 2.45) is 0 Å². The van der Waals surface area contributed by atoms with Crippen LogP contribution in [0.1, 0.15) is 38.7 Å². The van der Waals surface area contributed by atoms with Crippen LogP contribution in [0.15, 0.2) is 97.1 Å². The van der Waals surface area contributed by atoms with Gasteiger partial charge in [0.25, 0.3) is 5.91 Å². The van der Waals surface area contributed by atoms with Crippen LogP contribution >= 0.6 is 0 Å². The van der Waals surface area contributed by atoms with Crippen LogP contribution in [-0.2, 0) is 19.5 Å². The van der Waals surface area contributed by atoms with E-state index in [1.165, 1.54) is 17.7 Å². The average Bonchev–Trinajstić information content (AvgIpc) is 3.19. The quantitative estimate of drug-likeness (QED) is 0.352. The number of hydrogen-bond donors (Lipinski definition) is 3. The topological polar surface area (TPSA) is 61.4 Å². The van der Waals surface area contributed by atoms with Gasteiger partial charge in [0.05, 0.1) is 17.7 Å². The highest BCUT2D eigenvalue weighted by Gasteiger charge is 2.33. The van der Waals surface area contributed by atoms with Crippen LogP contribution < -0.4 is 10.6 Å². The summed E-state index contributed by atoms with van der Waals surface area (Å²) in [6.45, 7) is 1.41. The van der Waals surface area contributed by atoms with E-state index in [0.717, 1.165) is 28.8 Å². The summed E-state index contributed by atoms with van der Waals surface area (Å²) in [6, 6.07) is 29.7. The van der Waals surface area contributed by atoms with Crippen LogP contribution in [0, 0.1) is 5.82 Å². The monoisotopic (exact) mass is 466 g/mol. The average molecular weight is 467 g/mol. The van der Waals surface area contributed by atoms with Crippen molar-refractivity contribution in [1.29, 1.82) is 0 Å². The number of hydrogen-bond acceptors (Lipinski definition) is 3. The molecule has 3 N–H and O–H groups in total. The van der Waals surface area contributed by atoms with Crippen LogP contribution in [0.3, 0.4) is 0 Å². The van der Waals surface area contributed by atoms with E-state index in [-0.39, 0.29) is 5.56 Å². The molecule has 2 atom stereocenters. The Morgan fingerprint density at radius 1 is 0.829 bits per heavy atom. The molecule has 4 aromatic rings. The van der Waals surface area contributed by atoms with Crippen molar-refractivity contribution in [3.05, 3.63) is 131 Å². The lowest BCUT2D eigenvalue weighted by Crippen LogP contribution is -2.34. The van der Waals surface area contributed by atoms with Crippen LogP contribution in [-0.4, -0.2) is 17.1 Å². The summed E-state index contributed by atoms with van der Waals surface area (Å²) >= 11 is 0. The Hall–Kier alpha value is -3.80. The molecule has 0 heterocycles. The van der Waals surface area contributed by atoms with Gasteiger partial charge in [-0.25, -0.2) is 4.39 Å². The number of carbonyl (C=O) groups is 1. The van der Waals surface area contributed by atoms with Gasteiger partial charge >= 0.3 is 0 Å². The molecule has 4 aromatic carbocycles. The third-order valence-electron chi connectivity index (χ3n) is 6.47. The molecule has 0 aliphatic heterocycles. The highest BCUT2D eigenvalue weighted by atomic mass is 19.1. The molecule has 5 rings (SSSR count). The van der Waals surface area contributed by atoms with Gasteiger partial charge in [-0.15, -0.1) is 0 Å². The fourth-order valence-corrected chi connectivity index (χ4v) is 4.63. The first kappa shape index (κ1) is 23.0. The van der Waals surface area contributed by atoms with Gasteiger partial charge in [0, 0.05) is 19.5 Å². The maximum atomic E-state index is 14.9. The first-order chi connectivity index (χ1) is 17.1. The molecule has 4 nitrogen and oxygen atoms in total. The second-order valence-corrected chi connectivity index (χ2v) is 8.91. The molecule has 0 spiro atoms. The maximum absolute atomic E-state index is 14.9. The molecule has 0 fully saturated rings. The molecule has 0 saturated heterocycles. The molecule has 1 aliphatic rings. The summed E-state index contributed by atoms with van der Waals surface area (Å²) in [7, 11) is 0. The van der Waals surface area contributed by atoms with Gasteiger partial charge in [0.1, 0.15) is 5.82 Å². The molecule has 35 heavy (non-hydrogen) atoms. The lowest BCUT2D eigenvalue weighted by atomic mass is 10.0. The summed E-state index contributed by atoms with van der Waals surface area (Å²) in [5, 5.41) is 16.9. The van der Waals surface area contributed by atoms with Crippen LogP contribution in [0.5, 0.6) is 0 Å². The van der Waals surface area contributed by atoms with E-state index in [9.17, 15) is 14.3 Å². The van der Waals surface area contributed by atoms with E-state index in [1.54, 1.807) is 6.07 Å². The largest absolute Gasteiger partial charge is 0.390 e. The second-order valence-electron chi connectivity index (χ2n) is 8.91. The van der Waals surface area contributed by atoms with E-state index < -0.39 is 23.9 Å². The number of aliphatic hydroxyl groups excluding tert-OH is 1. The van der Waals surface area contributed by atoms with Crippen molar-refractivity contribution < 1.29 is 14.3 Å². The molecule has 0 saturated carbocycles. The lowest BCUT2D eigenvalue weighted by Gasteiger charge is -2.19. The molecule has 176 valence electrons. The molecule has 0 bridgehead atoms. The van der Waals surface area contributed by atoms with Crippen molar-refractivity contribution in [2.75, 3.05) is 0 Å². The van der Waals surface area contributed by atoms with Gasteiger partial charge in [-0.1, -0.05) is 84.9 Å². The highest BCUT2D eigenvalue weighted by molar-refractivity contribution is 5.95. The molecule has 1 aliphatic carbocycles. The summed E-state index contributed by atoms with van der Waals surface area (Å²) < 4.78 is 14.9. The number of amides is 1. The Kier molecular flexibility index (Phi) is 6.70. The van der Waals surface area contributed by atoms with Gasteiger partial charge in [-0.05, 0) is 45.5 Å². The predicted octanol–water partition coefficient (Wildman–Crippen LogP) is 5.17. The SMILES string of the molecule is O=C(N[C@@H]1c2cc(CNCc3ccccc3)ccc2C[C@H]1O)c1ccc(-c2ccccc2)cc1F. The summed E-state index contributed by atoms with van der Waals surface area (Å²) in [5.74, 6) is -1.12. The number of nitrogens with one attached hydrogen (secondary N) is 2. The summed E-state index contributed by atoms with van der Waals surface area (Å²) in [6.07, 6.45) is -0.305. The van der Waals surface area contributed by atoms with Crippen LogP contribution in [0.25, 0.3) is 11.1 Å². The van der Waals surface area contributed by atoms with E-state index >= 15 is 0 Å². The number of carbonyl (C=O) groups excluding carboxylic acids is 1. The summed E-state index contributed by atoms with van der Waals surface area (Å²) in [5.41, 5.74) is 5.69. The van der Waals surface area contributed by atoms with Gasteiger partial charge < -0.3 is 15.7 Å². The third-order valence-corrected chi connectivity index (χ3v) is 6.47. The van der Waals surface area contributed by atoms with Crippen LogP contribution in [0.2, 0.25) is 0 Å². The number of aliphatic hydroxyl groups is 1. The van der Waals surface area contributed by atoms with Crippen LogP contribution in [0.4, 0.5) is 4.39 Å². The lowest BCUT2D eigenvalue weighted by molar-refractivity contribution is 0.0854. The fraction of sp³-hybridized carbons (Fsp3) is 0.167.